The van der Waals surface area contributed by atoms with E-state index < -0.39 is 0 Å². The van der Waals surface area contributed by atoms with Gasteiger partial charge >= 0.3 is 6.03 Å². The number of amides is 3. The Balaban J connectivity index is 1.80. The highest BCUT2D eigenvalue weighted by atomic mass is 16.5. The van der Waals surface area contributed by atoms with E-state index in [4.69, 9.17) is 4.74 Å². The Morgan fingerprint density at radius 2 is 1.60 bits per heavy atom. The Labute approximate surface area is 209 Å². The van der Waals surface area contributed by atoms with E-state index in [0.29, 0.717) is 30.9 Å². The summed E-state index contributed by atoms with van der Waals surface area (Å²) in [7, 11) is 1.69. The van der Waals surface area contributed by atoms with Crippen molar-refractivity contribution < 1.29 is 14.3 Å². The first-order valence-electron chi connectivity index (χ1n) is 12.6. The van der Waals surface area contributed by atoms with Crippen LogP contribution in [0.15, 0.2) is 42.5 Å². The first-order valence-corrected chi connectivity index (χ1v) is 12.6. The molecule has 8 heteroatoms. The lowest BCUT2D eigenvalue weighted by atomic mass is 10.1. The number of carbonyl (C=O) groups excluding carboxylic acids is 2. The van der Waals surface area contributed by atoms with Crippen molar-refractivity contribution in [2.24, 2.45) is 0 Å². The van der Waals surface area contributed by atoms with Gasteiger partial charge in [0, 0.05) is 57.2 Å². The van der Waals surface area contributed by atoms with Crippen molar-refractivity contribution in [2.75, 3.05) is 68.0 Å². The zero-order valence-corrected chi connectivity index (χ0v) is 21.5. The number of rotatable bonds is 10. The topological polar surface area (TPSA) is 77.1 Å². The quantitative estimate of drug-likeness (QED) is 0.491. The molecule has 2 N–H and O–H groups in total. The van der Waals surface area contributed by atoms with Gasteiger partial charge in [-0.3, -0.25) is 4.79 Å². The fraction of sp³-hybridized carbons (Fsp3) is 0.481. The van der Waals surface area contributed by atoms with Crippen LogP contribution in [0.5, 0.6) is 5.75 Å². The molecule has 0 aliphatic carbocycles. The number of ether oxygens (including phenoxy) is 1. The molecule has 3 amide bonds. The van der Waals surface area contributed by atoms with Crippen LogP contribution in [0.2, 0.25) is 0 Å². The molecule has 2 aromatic rings. The van der Waals surface area contributed by atoms with Crippen LogP contribution < -0.4 is 25.2 Å². The summed E-state index contributed by atoms with van der Waals surface area (Å²) in [5.41, 5.74) is 3.22. The van der Waals surface area contributed by atoms with Crippen molar-refractivity contribution in [1.82, 2.24) is 10.2 Å². The van der Waals surface area contributed by atoms with Gasteiger partial charge in [-0.15, -0.1) is 0 Å². The minimum atomic E-state index is -0.252. The zero-order chi connectivity index (χ0) is 25.2. The van der Waals surface area contributed by atoms with Crippen LogP contribution in [0.1, 0.15) is 44.0 Å². The second kappa shape index (κ2) is 12.9. The molecule has 35 heavy (non-hydrogen) atoms. The Morgan fingerprint density at radius 3 is 2.23 bits per heavy atom. The molecule has 2 aromatic carbocycles. The van der Waals surface area contributed by atoms with Gasteiger partial charge in [0.05, 0.1) is 18.4 Å². The Morgan fingerprint density at radius 1 is 0.943 bits per heavy atom. The highest BCUT2D eigenvalue weighted by Crippen LogP contribution is 2.31. The fourth-order valence-electron chi connectivity index (χ4n) is 4.38. The zero-order valence-electron chi connectivity index (χ0n) is 21.5. The first-order chi connectivity index (χ1) is 17.0. The summed E-state index contributed by atoms with van der Waals surface area (Å²) in [5.74, 6) is 0.846. The molecule has 0 atom stereocenters. The summed E-state index contributed by atoms with van der Waals surface area (Å²) in [6.45, 7) is 11.1. The van der Waals surface area contributed by atoms with E-state index in [9.17, 15) is 9.59 Å². The third kappa shape index (κ3) is 6.59. The third-order valence-electron chi connectivity index (χ3n) is 6.40. The van der Waals surface area contributed by atoms with E-state index in [1.54, 1.807) is 7.11 Å². The molecule has 8 nitrogen and oxygen atoms in total. The van der Waals surface area contributed by atoms with Crippen LogP contribution in [0.25, 0.3) is 0 Å². The molecule has 3 rings (SSSR count). The van der Waals surface area contributed by atoms with Gasteiger partial charge in [-0.2, -0.15) is 0 Å². The van der Waals surface area contributed by atoms with E-state index in [2.05, 4.69) is 33.4 Å². The lowest BCUT2D eigenvalue weighted by molar-refractivity contribution is 0.0773. The molecule has 190 valence electrons. The predicted molar refractivity (Wildman–Crippen MR) is 143 cm³/mol. The van der Waals surface area contributed by atoms with Gasteiger partial charge in [-0.05, 0) is 50.6 Å². The molecule has 1 saturated heterocycles. The van der Waals surface area contributed by atoms with Crippen molar-refractivity contribution in [3.63, 3.8) is 0 Å². The molecule has 0 aromatic heterocycles. The number of hydrogen-bond acceptors (Lipinski definition) is 5. The number of nitrogens with zero attached hydrogens (tertiary/aromatic N) is 3. The maximum Gasteiger partial charge on any atom is 0.319 e. The van der Waals surface area contributed by atoms with Gasteiger partial charge in [0.1, 0.15) is 5.75 Å². The van der Waals surface area contributed by atoms with Crippen LogP contribution in [-0.2, 0) is 0 Å². The molecular formula is C27H39N5O3. The highest BCUT2D eigenvalue weighted by molar-refractivity contribution is 6.02. The maximum absolute atomic E-state index is 13.4. The van der Waals surface area contributed by atoms with Gasteiger partial charge in [0.15, 0.2) is 0 Å². The number of benzene rings is 2. The Bertz CT molecular complexity index is 985. The number of anilines is 3. The Hall–Kier alpha value is -3.42. The van der Waals surface area contributed by atoms with Crippen molar-refractivity contribution in [3.8, 4) is 5.75 Å². The van der Waals surface area contributed by atoms with Crippen LogP contribution >= 0.6 is 0 Å². The summed E-state index contributed by atoms with van der Waals surface area (Å²) in [6, 6.07) is 13.4. The van der Waals surface area contributed by atoms with Gasteiger partial charge in [-0.25, -0.2) is 4.79 Å². The van der Waals surface area contributed by atoms with Crippen molar-refractivity contribution in [2.45, 2.75) is 33.6 Å². The van der Waals surface area contributed by atoms with Crippen LogP contribution in [-0.4, -0.2) is 69.8 Å². The van der Waals surface area contributed by atoms with Crippen LogP contribution in [0, 0.1) is 0 Å². The average molecular weight is 482 g/mol. The fourth-order valence-corrected chi connectivity index (χ4v) is 4.38. The molecular weight excluding hydrogens is 442 g/mol. The highest BCUT2D eigenvalue weighted by Gasteiger charge is 2.25. The smallest absolute Gasteiger partial charge is 0.319 e. The van der Waals surface area contributed by atoms with E-state index in [-0.39, 0.29) is 11.9 Å². The number of nitrogens with one attached hydrogen (secondary N) is 2. The number of para-hydroxylation sites is 2. The largest absolute Gasteiger partial charge is 0.495 e. The van der Waals surface area contributed by atoms with E-state index in [1.807, 2.05) is 55.1 Å². The second-order valence-corrected chi connectivity index (χ2v) is 8.59. The summed E-state index contributed by atoms with van der Waals surface area (Å²) in [5, 5.41) is 5.74. The third-order valence-corrected chi connectivity index (χ3v) is 6.40. The molecule has 1 heterocycles. The monoisotopic (exact) mass is 481 g/mol. The van der Waals surface area contributed by atoms with Gasteiger partial charge in [0.2, 0.25) is 0 Å². The molecule has 1 aliphatic heterocycles. The minimum Gasteiger partial charge on any atom is -0.495 e. The number of unbranched alkanes of at least 4 members (excludes halogenated alkanes) is 1. The number of carbonyl (C=O) groups is 2. The van der Waals surface area contributed by atoms with Crippen LogP contribution in [0.3, 0.4) is 0 Å². The molecule has 1 fully saturated rings. The molecule has 1 aliphatic rings. The van der Waals surface area contributed by atoms with E-state index >= 15 is 0 Å². The summed E-state index contributed by atoms with van der Waals surface area (Å²) < 4.78 is 5.54. The number of piperazine rings is 1. The number of urea groups is 1. The van der Waals surface area contributed by atoms with Crippen molar-refractivity contribution in [1.29, 1.82) is 0 Å². The summed E-state index contributed by atoms with van der Waals surface area (Å²) >= 11 is 0. The standard InChI is InChI=1S/C27H39N5O3/c1-5-8-15-28-27(34)29-21-13-14-23(22(20-21)26(33)30(6-2)7-3)31-16-18-32(19-17-31)24-11-9-10-12-25(24)35-4/h9-14,20H,5-8,15-19H2,1-4H3,(H2,28,29,34). The number of hydrogen-bond donors (Lipinski definition) is 2. The van der Waals surface area contributed by atoms with Gasteiger partial charge in [-0.1, -0.05) is 25.5 Å². The van der Waals surface area contributed by atoms with Crippen molar-refractivity contribution >= 4 is 29.0 Å². The summed E-state index contributed by atoms with van der Waals surface area (Å²) in [4.78, 5) is 32.1. The van der Waals surface area contributed by atoms with Gasteiger partial charge in [0.25, 0.3) is 5.91 Å². The molecule has 0 radical (unpaired) electrons. The minimum absolute atomic E-state index is 0.0211. The average Bonchev–Trinajstić information content (AvgIpc) is 2.89. The molecule has 0 unspecified atom stereocenters. The maximum atomic E-state index is 13.4. The SMILES string of the molecule is CCCCNC(=O)Nc1ccc(N2CCN(c3ccccc3OC)CC2)c(C(=O)N(CC)CC)c1. The molecule has 0 saturated carbocycles. The van der Waals surface area contributed by atoms with E-state index in [1.165, 1.54) is 0 Å². The normalized spacial score (nSPS) is 13.4. The second-order valence-electron chi connectivity index (χ2n) is 8.59. The predicted octanol–water partition coefficient (Wildman–Crippen LogP) is 4.43. The van der Waals surface area contributed by atoms with Crippen LogP contribution in [0.4, 0.5) is 21.9 Å². The van der Waals surface area contributed by atoms with Gasteiger partial charge < -0.3 is 30.1 Å². The summed E-state index contributed by atoms with van der Waals surface area (Å²) in [6.07, 6.45) is 1.95. The molecule has 0 bridgehead atoms. The first kappa shape index (κ1) is 26.2. The Kier molecular flexibility index (Phi) is 9.64. The van der Waals surface area contributed by atoms with E-state index in [0.717, 1.165) is 56.1 Å². The lowest BCUT2D eigenvalue weighted by Gasteiger charge is -2.38. The lowest BCUT2D eigenvalue weighted by Crippen LogP contribution is -2.47. The number of methoxy groups -OCH3 is 1. The van der Waals surface area contributed by atoms with Crippen molar-refractivity contribution in [3.05, 3.63) is 48.0 Å². The molecule has 0 spiro atoms.